The molecule has 1 aromatic rings. The highest BCUT2D eigenvalue weighted by Gasteiger charge is 2.31. The summed E-state index contributed by atoms with van der Waals surface area (Å²) in [4.78, 5) is 0. The number of hydrogen-bond acceptors (Lipinski definition) is 1. The van der Waals surface area contributed by atoms with E-state index in [1.54, 1.807) is 18.2 Å². The van der Waals surface area contributed by atoms with E-state index in [1.165, 1.54) is 76.0 Å². The van der Waals surface area contributed by atoms with Crippen molar-refractivity contribution in [1.82, 2.24) is 0 Å². The monoisotopic (exact) mass is 443 g/mol. The fourth-order valence-electron chi connectivity index (χ4n) is 5.61. The predicted molar refractivity (Wildman–Crippen MR) is 124 cm³/mol. The minimum atomic E-state index is -4.25. The number of alkyl halides is 3. The summed E-state index contributed by atoms with van der Waals surface area (Å²) in [6.07, 6.45) is 18.3. The molecule has 0 atom stereocenters. The van der Waals surface area contributed by atoms with Gasteiger partial charge >= 0.3 is 6.18 Å². The number of nitrogens with zero attached hydrogens (tertiary/aromatic N) is 1. The van der Waals surface area contributed by atoms with Gasteiger partial charge in [0.25, 0.3) is 0 Å². The number of allylic oxidation sites excluding steroid dienone is 4. The normalized spacial score (nSPS) is 27.1. The minimum absolute atomic E-state index is 0.424. The average Bonchev–Trinajstić information content (AvgIpc) is 2.81. The molecule has 4 heteroatoms. The molecule has 1 aromatic carbocycles. The van der Waals surface area contributed by atoms with Crippen molar-refractivity contribution in [3.63, 3.8) is 0 Å². The van der Waals surface area contributed by atoms with E-state index in [2.05, 4.69) is 6.08 Å². The Morgan fingerprint density at radius 2 is 1.31 bits per heavy atom. The predicted octanol–water partition coefficient (Wildman–Crippen LogP) is 8.98. The number of halogens is 3. The van der Waals surface area contributed by atoms with Crippen molar-refractivity contribution in [2.24, 2.45) is 17.8 Å². The van der Waals surface area contributed by atoms with E-state index in [0.717, 1.165) is 42.6 Å². The van der Waals surface area contributed by atoms with Gasteiger partial charge < -0.3 is 0 Å². The topological polar surface area (TPSA) is 23.8 Å². The second-order valence-electron chi connectivity index (χ2n) is 9.80. The second-order valence-corrected chi connectivity index (χ2v) is 9.80. The molecule has 0 heterocycles. The SMILES string of the molecule is N#CC=CC=CCCC1CCC(CCC2CCC(c3ccc(C(F)(F)F)cc3)CC2)CC1. The maximum atomic E-state index is 12.8. The van der Waals surface area contributed by atoms with E-state index >= 15 is 0 Å². The molecule has 0 N–H and O–H groups in total. The Kier molecular flexibility index (Phi) is 9.45. The molecule has 174 valence electrons. The lowest BCUT2D eigenvalue weighted by Crippen LogP contribution is -2.18. The zero-order chi connectivity index (χ0) is 22.8. The maximum absolute atomic E-state index is 12.8. The van der Waals surface area contributed by atoms with Crippen LogP contribution in [-0.2, 0) is 6.18 Å². The Balaban J connectivity index is 1.30. The number of hydrogen-bond donors (Lipinski definition) is 0. The minimum Gasteiger partial charge on any atom is -0.193 e. The van der Waals surface area contributed by atoms with Crippen molar-refractivity contribution >= 4 is 0 Å². The first kappa shape index (κ1) is 24.6. The van der Waals surface area contributed by atoms with Crippen molar-refractivity contribution < 1.29 is 13.2 Å². The quantitative estimate of drug-likeness (QED) is 0.290. The van der Waals surface area contributed by atoms with Gasteiger partial charge in [-0.05, 0) is 79.9 Å². The van der Waals surface area contributed by atoms with Gasteiger partial charge in [0.2, 0.25) is 0 Å². The van der Waals surface area contributed by atoms with Gasteiger partial charge in [-0.25, -0.2) is 0 Å². The van der Waals surface area contributed by atoms with Gasteiger partial charge in [-0.3, -0.25) is 0 Å². The molecule has 2 aliphatic rings. The van der Waals surface area contributed by atoms with Crippen LogP contribution in [0.25, 0.3) is 0 Å². The number of rotatable bonds is 8. The van der Waals surface area contributed by atoms with E-state index in [4.69, 9.17) is 5.26 Å². The van der Waals surface area contributed by atoms with Gasteiger partial charge in [0.1, 0.15) is 0 Å². The van der Waals surface area contributed by atoms with Gasteiger partial charge in [-0.2, -0.15) is 18.4 Å². The van der Waals surface area contributed by atoms with Crippen LogP contribution in [-0.4, -0.2) is 0 Å². The van der Waals surface area contributed by atoms with E-state index in [-0.39, 0.29) is 0 Å². The fourth-order valence-corrected chi connectivity index (χ4v) is 5.61. The Labute approximate surface area is 191 Å². The molecule has 0 aromatic heterocycles. The lowest BCUT2D eigenvalue weighted by Gasteiger charge is -2.32. The second kappa shape index (κ2) is 12.3. The Hall–Kier alpha value is -2.02. The molecule has 0 spiro atoms. The van der Waals surface area contributed by atoms with Crippen molar-refractivity contribution in [1.29, 1.82) is 5.26 Å². The van der Waals surface area contributed by atoms with Crippen LogP contribution in [0.4, 0.5) is 13.2 Å². The zero-order valence-corrected chi connectivity index (χ0v) is 19.0. The van der Waals surface area contributed by atoms with Crippen LogP contribution in [0, 0.1) is 29.1 Å². The standard InChI is InChI=1S/C28H36F3N/c29-28(30,31)27-19-17-26(18-20-27)25-15-13-24(14-16-25)12-11-23-9-7-22(8-10-23)6-4-2-1-3-5-21-32/h1-3,5,17-20,22-25H,4,6-16H2. The summed E-state index contributed by atoms with van der Waals surface area (Å²) in [5.41, 5.74) is 0.527. The van der Waals surface area contributed by atoms with Crippen molar-refractivity contribution in [3.05, 3.63) is 59.7 Å². The molecule has 0 amide bonds. The summed E-state index contributed by atoms with van der Waals surface area (Å²) < 4.78 is 38.3. The van der Waals surface area contributed by atoms with Gasteiger partial charge in [0.15, 0.2) is 0 Å². The molecule has 0 bridgehead atoms. The highest BCUT2D eigenvalue weighted by molar-refractivity contribution is 5.27. The Morgan fingerprint density at radius 3 is 1.84 bits per heavy atom. The third-order valence-electron chi connectivity index (χ3n) is 7.67. The van der Waals surface area contributed by atoms with Crippen LogP contribution in [0.15, 0.2) is 48.6 Å². The molecule has 0 unspecified atom stereocenters. The molecule has 32 heavy (non-hydrogen) atoms. The van der Waals surface area contributed by atoms with Gasteiger partial charge in [-0.15, -0.1) is 0 Å². The Morgan fingerprint density at radius 1 is 0.781 bits per heavy atom. The molecule has 2 fully saturated rings. The summed E-state index contributed by atoms with van der Waals surface area (Å²) in [7, 11) is 0. The highest BCUT2D eigenvalue weighted by atomic mass is 19.4. The van der Waals surface area contributed by atoms with Gasteiger partial charge in [-0.1, -0.05) is 68.9 Å². The van der Waals surface area contributed by atoms with Gasteiger partial charge in [0.05, 0.1) is 11.6 Å². The summed E-state index contributed by atoms with van der Waals surface area (Å²) in [6.45, 7) is 0. The van der Waals surface area contributed by atoms with Crippen molar-refractivity contribution in [2.45, 2.75) is 89.1 Å². The molecule has 0 radical (unpaired) electrons. The van der Waals surface area contributed by atoms with Crippen LogP contribution >= 0.6 is 0 Å². The first-order chi connectivity index (χ1) is 15.5. The molecule has 2 aliphatic carbocycles. The molecule has 3 rings (SSSR count). The lowest BCUT2D eigenvalue weighted by atomic mass is 9.74. The average molecular weight is 444 g/mol. The summed E-state index contributed by atoms with van der Waals surface area (Å²) in [6, 6.07) is 7.84. The van der Waals surface area contributed by atoms with Crippen LogP contribution in [0.2, 0.25) is 0 Å². The van der Waals surface area contributed by atoms with E-state index < -0.39 is 11.7 Å². The third kappa shape index (κ3) is 7.84. The number of benzene rings is 1. The molecule has 0 saturated heterocycles. The van der Waals surface area contributed by atoms with Gasteiger partial charge in [0, 0.05) is 6.08 Å². The molecule has 2 saturated carbocycles. The van der Waals surface area contributed by atoms with Crippen molar-refractivity contribution in [3.8, 4) is 6.07 Å². The maximum Gasteiger partial charge on any atom is 0.416 e. The van der Waals surface area contributed by atoms with Crippen LogP contribution in [0.5, 0.6) is 0 Å². The van der Waals surface area contributed by atoms with E-state index in [0.29, 0.717) is 5.92 Å². The van der Waals surface area contributed by atoms with Crippen LogP contribution < -0.4 is 0 Å². The first-order valence-corrected chi connectivity index (χ1v) is 12.3. The molecular formula is C28H36F3N. The largest absolute Gasteiger partial charge is 0.416 e. The smallest absolute Gasteiger partial charge is 0.193 e. The summed E-state index contributed by atoms with van der Waals surface area (Å²) in [5, 5.41) is 8.47. The fraction of sp³-hybridized carbons (Fsp3) is 0.607. The molecule has 1 nitrogen and oxygen atoms in total. The van der Waals surface area contributed by atoms with E-state index in [1.807, 2.05) is 12.1 Å². The van der Waals surface area contributed by atoms with Crippen LogP contribution in [0.3, 0.4) is 0 Å². The first-order valence-electron chi connectivity index (χ1n) is 12.3. The third-order valence-corrected chi connectivity index (χ3v) is 7.67. The molecule has 0 aliphatic heterocycles. The number of nitriles is 1. The van der Waals surface area contributed by atoms with Crippen molar-refractivity contribution in [2.75, 3.05) is 0 Å². The lowest BCUT2D eigenvalue weighted by molar-refractivity contribution is -0.137. The summed E-state index contributed by atoms with van der Waals surface area (Å²) >= 11 is 0. The highest BCUT2D eigenvalue weighted by Crippen LogP contribution is 2.41. The van der Waals surface area contributed by atoms with Crippen LogP contribution in [0.1, 0.15) is 94.1 Å². The Bertz CT molecular complexity index is 768. The molecular weight excluding hydrogens is 407 g/mol. The summed E-state index contributed by atoms with van der Waals surface area (Å²) in [5.74, 6) is 2.96. The van der Waals surface area contributed by atoms with E-state index in [9.17, 15) is 13.2 Å². The zero-order valence-electron chi connectivity index (χ0n) is 19.0.